The van der Waals surface area contributed by atoms with Gasteiger partial charge in [-0.2, -0.15) is 0 Å². The third-order valence-electron chi connectivity index (χ3n) is 9.41. The molecule has 2 aliphatic carbocycles. The van der Waals surface area contributed by atoms with Crippen LogP contribution >= 0.6 is 0 Å². The number of benzene rings is 1. The topological polar surface area (TPSA) is 76.1 Å². The van der Waals surface area contributed by atoms with Crippen LogP contribution in [0.3, 0.4) is 0 Å². The molecular formula is C28H40N4O3. The number of hydrogen-bond donors (Lipinski definition) is 2. The molecule has 5 aliphatic rings. The number of likely N-dealkylation sites (tertiary alicyclic amines) is 3. The van der Waals surface area contributed by atoms with Crippen molar-refractivity contribution in [1.82, 2.24) is 20.0 Å². The van der Waals surface area contributed by atoms with Crippen LogP contribution in [-0.4, -0.2) is 89.2 Å². The van der Waals surface area contributed by atoms with Gasteiger partial charge in [0.25, 0.3) is 0 Å². The van der Waals surface area contributed by atoms with Crippen LogP contribution in [-0.2, 0) is 4.79 Å². The Morgan fingerprint density at radius 1 is 1.03 bits per heavy atom. The van der Waals surface area contributed by atoms with Crippen molar-refractivity contribution in [3.8, 4) is 0 Å². The predicted octanol–water partition coefficient (Wildman–Crippen LogP) is 2.80. The Kier molecular flexibility index (Phi) is 6.25. The smallest absolute Gasteiger partial charge is 0.320 e. The van der Waals surface area contributed by atoms with Crippen LogP contribution in [0.1, 0.15) is 62.8 Å². The molecule has 0 unspecified atom stereocenters. The third-order valence-corrected chi connectivity index (χ3v) is 9.41. The van der Waals surface area contributed by atoms with Crippen LogP contribution < -0.4 is 5.32 Å². The zero-order valence-corrected chi connectivity index (χ0v) is 20.8. The van der Waals surface area contributed by atoms with E-state index in [2.05, 4.69) is 40.5 Å². The van der Waals surface area contributed by atoms with E-state index >= 15 is 0 Å². The molecule has 35 heavy (non-hydrogen) atoms. The maximum atomic E-state index is 13.5. The largest absolute Gasteiger partial charge is 0.393 e. The normalized spacial score (nSPS) is 35.5. The summed E-state index contributed by atoms with van der Waals surface area (Å²) in [5.41, 5.74) is 1.05. The van der Waals surface area contributed by atoms with Crippen LogP contribution in [0, 0.1) is 11.3 Å². The maximum absolute atomic E-state index is 13.5. The highest BCUT2D eigenvalue weighted by Gasteiger charge is 2.52. The van der Waals surface area contributed by atoms with Gasteiger partial charge in [-0.1, -0.05) is 30.3 Å². The lowest BCUT2D eigenvalue weighted by Crippen LogP contribution is -2.60. The van der Waals surface area contributed by atoms with E-state index in [1.165, 1.54) is 12.0 Å². The van der Waals surface area contributed by atoms with Gasteiger partial charge in [0, 0.05) is 63.2 Å². The Morgan fingerprint density at radius 3 is 2.57 bits per heavy atom. The molecule has 3 saturated heterocycles. The number of rotatable bonds is 5. The van der Waals surface area contributed by atoms with Gasteiger partial charge in [0.15, 0.2) is 0 Å². The van der Waals surface area contributed by atoms with Gasteiger partial charge in [-0.25, -0.2) is 4.79 Å². The maximum Gasteiger partial charge on any atom is 0.320 e. The molecule has 1 spiro atoms. The van der Waals surface area contributed by atoms with Crippen molar-refractivity contribution in [2.45, 2.75) is 75.5 Å². The van der Waals surface area contributed by atoms with Crippen molar-refractivity contribution >= 4 is 11.9 Å². The summed E-state index contributed by atoms with van der Waals surface area (Å²) in [7, 11) is 0. The van der Waals surface area contributed by atoms with Gasteiger partial charge in [-0.3, -0.25) is 4.79 Å². The number of aliphatic hydroxyl groups is 1. The van der Waals surface area contributed by atoms with Gasteiger partial charge in [0.2, 0.25) is 5.91 Å². The number of hydrogen-bond acceptors (Lipinski definition) is 4. The first kappa shape index (κ1) is 23.3. The summed E-state index contributed by atoms with van der Waals surface area (Å²) in [6.07, 6.45) is 7.09. The molecule has 3 amide bonds. The van der Waals surface area contributed by atoms with E-state index in [0.29, 0.717) is 24.4 Å². The Balaban J connectivity index is 0.966. The molecule has 0 radical (unpaired) electrons. The molecule has 6 rings (SSSR count). The van der Waals surface area contributed by atoms with E-state index in [9.17, 15) is 14.7 Å². The number of carbonyl (C=O) groups is 2. The van der Waals surface area contributed by atoms with Crippen LogP contribution in [0.2, 0.25) is 0 Å². The lowest BCUT2D eigenvalue weighted by Gasteiger charge is -2.46. The van der Waals surface area contributed by atoms with Crippen LogP contribution in [0.5, 0.6) is 0 Å². The molecule has 5 fully saturated rings. The minimum atomic E-state index is -0.381. The first-order valence-corrected chi connectivity index (χ1v) is 13.8. The molecule has 7 heteroatoms. The summed E-state index contributed by atoms with van der Waals surface area (Å²) in [4.78, 5) is 32.8. The van der Waals surface area contributed by atoms with Gasteiger partial charge in [-0.15, -0.1) is 0 Å². The number of nitrogens with zero attached hydrogens (tertiary/aromatic N) is 3. The van der Waals surface area contributed by atoms with Gasteiger partial charge in [0.05, 0.1) is 11.5 Å². The minimum Gasteiger partial charge on any atom is -0.393 e. The molecule has 1 aromatic carbocycles. The third kappa shape index (κ3) is 4.57. The molecule has 3 heterocycles. The fourth-order valence-electron chi connectivity index (χ4n) is 7.10. The summed E-state index contributed by atoms with van der Waals surface area (Å²) in [6.45, 7) is 4.78. The van der Waals surface area contributed by atoms with Crippen molar-refractivity contribution < 1.29 is 14.7 Å². The lowest BCUT2D eigenvalue weighted by molar-refractivity contribution is -0.141. The van der Waals surface area contributed by atoms with Gasteiger partial charge < -0.3 is 25.1 Å². The van der Waals surface area contributed by atoms with Gasteiger partial charge in [-0.05, 0) is 56.9 Å². The van der Waals surface area contributed by atoms with E-state index < -0.39 is 0 Å². The minimum absolute atomic E-state index is 0.126. The van der Waals surface area contributed by atoms with Crippen molar-refractivity contribution in [3.05, 3.63) is 35.9 Å². The molecule has 1 aromatic rings. The van der Waals surface area contributed by atoms with Crippen LogP contribution in [0.4, 0.5) is 4.79 Å². The number of urea groups is 1. The number of piperidine rings is 1. The first-order chi connectivity index (χ1) is 17.0. The molecule has 0 bridgehead atoms. The van der Waals surface area contributed by atoms with Gasteiger partial charge in [0.1, 0.15) is 0 Å². The number of nitrogens with one attached hydrogen (secondary N) is 1. The second-order valence-corrected chi connectivity index (χ2v) is 11.8. The summed E-state index contributed by atoms with van der Waals surface area (Å²) in [5.74, 6) is 1.43. The van der Waals surface area contributed by atoms with Crippen molar-refractivity contribution in [3.63, 3.8) is 0 Å². The zero-order valence-electron chi connectivity index (χ0n) is 20.8. The molecule has 2 N–H and O–H groups in total. The monoisotopic (exact) mass is 480 g/mol. The zero-order chi connectivity index (χ0) is 24.0. The van der Waals surface area contributed by atoms with Crippen LogP contribution in [0.25, 0.3) is 0 Å². The number of carbonyl (C=O) groups excluding carboxylic acids is 2. The Bertz CT molecular complexity index is 927. The highest BCUT2D eigenvalue weighted by molar-refractivity contribution is 5.86. The Hall–Kier alpha value is -2.12. The highest BCUT2D eigenvalue weighted by Crippen LogP contribution is 2.43. The fraction of sp³-hybridized carbons (Fsp3) is 0.714. The predicted molar refractivity (Wildman–Crippen MR) is 134 cm³/mol. The Morgan fingerprint density at radius 2 is 1.80 bits per heavy atom. The molecule has 190 valence electrons. The molecule has 3 atom stereocenters. The molecule has 7 nitrogen and oxygen atoms in total. The summed E-state index contributed by atoms with van der Waals surface area (Å²) in [6, 6.07) is 11.7. The molecule has 3 aliphatic heterocycles. The number of aliphatic hydroxyl groups excluding tert-OH is 1. The highest BCUT2D eigenvalue weighted by atomic mass is 16.3. The summed E-state index contributed by atoms with van der Waals surface area (Å²) < 4.78 is 0. The lowest BCUT2D eigenvalue weighted by atomic mass is 9.78. The average molecular weight is 481 g/mol. The number of amides is 3. The first-order valence-electron chi connectivity index (χ1n) is 13.8. The second kappa shape index (κ2) is 9.40. The molecule has 2 saturated carbocycles. The quantitative estimate of drug-likeness (QED) is 0.680. The fourth-order valence-corrected chi connectivity index (χ4v) is 7.10. The summed E-state index contributed by atoms with van der Waals surface area (Å²) in [5, 5.41) is 13.6. The van der Waals surface area contributed by atoms with E-state index in [4.69, 9.17) is 0 Å². The average Bonchev–Trinajstić information content (AvgIpc) is 3.58. The van der Waals surface area contributed by atoms with Crippen LogP contribution in [0.15, 0.2) is 30.3 Å². The SMILES string of the molecule is O=C(N1CC(CN[C@@H]2C[C@H]2c2ccccc2)C1)N1CCC[C@@]2(CCN([C@H]3CC[C@@H](O)CC3)C2=O)C1. The van der Waals surface area contributed by atoms with Crippen molar-refractivity contribution in [2.24, 2.45) is 11.3 Å². The van der Waals surface area contributed by atoms with E-state index in [-0.39, 0.29) is 29.5 Å². The van der Waals surface area contributed by atoms with Crippen molar-refractivity contribution in [2.75, 3.05) is 39.3 Å². The summed E-state index contributed by atoms with van der Waals surface area (Å²) >= 11 is 0. The van der Waals surface area contributed by atoms with E-state index in [0.717, 1.165) is 77.7 Å². The Labute approximate surface area is 208 Å². The van der Waals surface area contributed by atoms with Gasteiger partial charge >= 0.3 is 6.03 Å². The standard InChI is InChI=1S/C28H40N4O3/c33-23-9-7-22(8-10-23)32-14-12-28(26(32)34)11-4-13-30(19-28)27(35)31-17-20(18-31)16-29-25-15-24(25)21-5-2-1-3-6-21/h1-3,5-6,20,22-25,29,33H,4,7-19H2/t22-,23+,24-,25+,28+/m0/s1. The van der Waals surface area contributed by atoms with Crippen molar-refractivity contribution in [1.29, 1.82) is 0 Å². The molecule has 0 aromatic heterocycles. The second-order valence-electron chi connectivity index (χ2n) is 11.8. The molecular weight excluding hydrogens is 440 g/mol. The van der Waals surface area contributed by atoms with E-state index in [1.54, 1.807) is 0 Å². The van der Waals surface area contributed by atoms with E-state index in [1.807, 2.05) is 9.80 Å².